The van der Waals surface area contributed by atoms with E-state index in [1.807, 2.05) is 14.0 Å². The molecule has 0 aromatic carbocycles. The molecule has 1 aliphatic rings. The summed E-state index contributed by atoms with van der Waals surface area (Å²) in [6, 6.07) is 0. The minimum Gasteiger partial charge on any atom is -0.325 e. The van der Waals surface area contributed by atoms with E-state index in [9.17, 15) is 0 Å². The van der Waals surface area contributed by atoms with Crippen LogP contribution in [0.25, 0.3) is 0 Å². The molecule has 2 rings (SSSR count). The van der Waals surface area contributed by atoms with Gasteiger partial charge in [-0.3, -0.25) is 4.68 Å². The Hall–Kier alpha value is -0.540. The highest BCUT2D eigenvalue weighted by molar-refractivity contribution is 6.30. The molecular weight excluding hydrogens is 258 g/mol. The fourth-order valence-corrected chi connectivity index (χ4v) is 3.64. The van der Waals surface area contributed by atoms with E-state index in [0.29, 0.717) is 5.92 Å². The van der Waals surface area contributed by atoms with E-state index in [1.165, 1.54) is 12.8 Å². The molecule has 2 unspecified atom stereocenters. The maximum Gasteiger partial charge on any atom is 0.130 e. The lowest BCUT2D eigenvalue weighted by atomic mass is 9.70. The Morgan fingerprint density at radius 2 is 2.21 bits per heavy atom. The molecule has 0 amide bonds. The molecule has 1 aromatic rings. The van der Waals surface area contributed by atoms with Gasteiger partial charge in [-0.05, 0) is 38.0 Å². The first-order chi connectivity index (χ1) is 8.82. The molecule has 3 nitrogen and oxygen atoms in total. The molecule has 2 N–H and O–H groups in total. The number of hydrogen-bond donors (Lipinski definition) is 1. The van der Waals surface area contributed by atoms with Gasteiger partial charge < -0.3 is 5.73 Å². The van der Waals surface area contributed by atoms with Crippen LogP contribution in [-0.4, -0.2) is 15.3 Å². The Kier molecular flexibility index (Phi) is 4.26. The molecule has 0 spiro atoms. The minimum absolute atomic E-state index is 0.107. The summed E-state index contributed by atoms with van der Waals surface area (Å²) < 4.78 is 1.75. The van der Waals surface area contributed by atoms with Crippen molar-refractivity contribution in [3.63, 3.8) is 0 Å². The van der Waals surface area contributed by atoms with Crippen molar-refractivity contribution in [1.82, 2.24) is 9.78 Å². The Bertz CT molecular complexity index is 452. The van der Waals surface area contributed by atoms with Crippen molar-refractivity contribution in [3.8, 4) is 0 Å². The fraction of sp³-hybridized carbons (Fsp3) is 0.800. The van der Waals surface area contributed by atoms with Gasteiger partial charge in [-0.25, -0.2) is 0 Å². The van der Waals surface area contributed by atoms with E-state index in [0.717, 1.165) is 41.6 Å². The normalized spacial score (nSPS) is 28.1. The largest absolute Gasteiger partial charge is 0.325 e. The predicted molar refractivity (Wildman–Crippen MR) is 80.4 cm³/mol. The first-order valence-electron chi connectivity index (χ1n) is 7.29. The Labute approximate surface area is 121 Å². The maximum atomic E-state index is 6.67. The summed E-state index contributed by atoms with van der Waals surface area (Å²) in [5.41, 5.74) is 8.72. The van der Waals surface area contributed by atoms with Crippen molar-refractivity contribution in [3.05, 3.63) is 16.4 Å². The van der Waals surface area contributed by atoms with E-state index in [2.05, 4.69) is 18.9 Å². The molecule has 0 saturated heterocycles. The Morgan fingerprint density at radius 1 is 1.53 bits per heavy atom. The van der Waals surface area contributed by atoms with E-state index in [4.69, 9.17) is 17.3 Å². The summed E-state index contributed by atoms with van der Waals surface area (Å²) in [7, 11) is 1.89. The average Bonchev–Trinajstić information content (AvgIpc) is 2.56. The zero-order valence-electron chi connectivity index (χ0n) is 12.5. The van der Waals surface area contributed by atoms with Gasteiger partial charge >= 0.3 is 0 Å². The first-order valence-corrected chi connectivity index (χ1v) is 7.67. The Balaban J connectivity index is 2.16. The lowest BCUT2D eigenvalue weighted by molar-refractivity contribution is 0.182. The topological polar surface area (TPSA) is 43.8 Å². The van der Waals surface area contributed by atoms with Crippen LogP contribution in [0.3, 0.4) is 0 Å². The van der Waals surface area contributed by atoms with Gasteiger partial charge in [-0.1, -0.05) is 38.3 Å². The van der Waals surface area contributed by atoms with Gasteiger partial charge in [0.2, 0.25) is 0 Å². The van der Waals surface area contributed by atoms with E-state index < -0.39 is 0 Å². The molecule has 4 heteroatoms. The number of halogens is 1. The van der Waals surface area contributed by atoms with Crippen LogP contribution < -0.4 is 5.73 Å². The van der Waals surface area contributed by atoms with Crippen LogP contribution in [0.1, 0.15) is 50.8 Å². The molecule has 1 saturated carbocycles. The quantitative estimate of drug-likeness (QED) is 0.923. The smallest absolute Gasteiger partial charge is 0.130 e. The Morgan fingerprint density at radius 3 is 2.74 bits per heavy atom. The van der Waals surface area contributed by atoms with Crippen LogP contribution in [0.4, 0.5) is 0 Å². The second-order valence-corrected chi connectivity index (χ2v) is 6.98. The molecule has 1 heterocycles. The molecule has 0 aliphatic heterocycles. The van der Waals surface area contributed by atoms with Crippen LogP contribution in [-0.2, 0) is 13.5 Å². The number of aromatic nitrogens is 2. The highest BCUT2D eigenvalue weighted by Crippen LogP contribution is 2.38. The van der Waals surface area contributed by atoms with Gasteiger partial charge in [0.25, 0.3) is 0 Å². The monoisotopic (exact) mass is 283 g/mol. The van der Waals surface area contributed by atoms with Crippen molar-refractivity contribution in [2.24, 2.45) is 24.6 Å². The van der Waals surface area contributed by atoms with E-state index >= 15 is 0 Å². The SMILES string of the molecule is Cc1nn(C)c(Cl)c1CC1(N)CCCC(C(C)C)C1. The van der Waals surface area contributed by atoms with Crippen molar-refractivity contribution in [2.45, 2.75) is 58.4 Å². The molecular formula is C15H26ClN3. The van der Waals surface area contributed by atoms with Crippen LogP contribution in [0, 0.1) is 18.8 Å². The summed E-state index contributed by atoms with van der Waals surface area (Å²) >= 11 is 6.34. The van der Waals surface area contributed by atoms with Crippen LogP contribution in [0.15, 0.2) is 0 Å². The van der Waals surface area contributed by atoms with E-state index in [-0.39, 0.29) is 5.54 Å². The van der Waals surface area contributed by atoms with Crippen LogP contribution in [0.2, 0.25) is 5.15 Å². The van der Waals surface area contributed by atoms with Gasteiger partial charge in [0, 0.05) is 18.2 Å². The zero-order valence-corrected chi connectivity index (χ0v) is 13.3. The number of nitrogens with zero attached hydrogens (tertiary/aromatic N) is 2. The molecule has 1 aromatic heterocycles. The molecule has 0 bridgehead atoms. The van der Waals surface area contributed by atoms with Gasteiger partial charge in [0.15, 0.2) is 0 Å². The molecule has 1 fully saturated rings. The number of nitrogens with two attached hydrogens (primary N) is 1. The maximum absolute atomic E-state index is 6.67. The minimum atomic E-state index is -0.107. The molecule has 2 atom stereocenters. The van der Waals surface area contributed by atoms with Crippen molar-refractivity contribution < 1.29 is 0 Å². The van der Waals surface area contributed by atoms with Crippen molar-refractivity contribution in [2.75, 3.05) is 0 Å². The van der Waals surface area contributed by atoms with Crippen molar-refractivity contribution >= 4 is 11.6 Å². The molecule has 0 radical (unpaired) electrons. The van der Waals surface area contributed by atoms with Gasteiger partial charge in [-0.2, -0.15) is 5.10 Å². The third-order valence-electron chi connectivity index (χ3n) is 4.66. The van der Waals surface area contributed by atoms with Gasteiger partial charge in [0.1, 0.15) is 5.15 Å². The summed E-state index contributed by atoms with van der Waals surface area (Å²) in [4.78, 5) is 0. The standard InChI is InChI=1S/C15H26ClN3/c1-10(2)12-6-5-7-15(17,8-12)9-13-11(3)18-19(4)14(13)16/h10,12H,5-9,17H2,1-4H3. The second kappa shape index (κ2) is 5.45. The van der Waals surface area contributed by atoms with Gasteiger partial charge in [-0.15, -0.1) is 0 Å². The van der Waals surface area contributed by atoms with Crippen LogP contribution in [0.5, 0.6) is 0 Å². The predicted octanol–water partition coefficient (Wildman–Crippen LogP) is 3.47. The summed E-state index contributed by atoms with van der Waals surface area (Å²) in [5, 5.41) is 5.13. The third kappa shape index (κ3) is 3.14. The summed E-state index contributed by atoms with van der Waals surface area (Å²) in [6.07, 6.45) is 5.61. The number of hydrogen-bond acceptors (Lipinski definition) is 2. The lowest BCUT2D eigenvalue weighted by Gasteiger charge is -2.39. The molecule has 1 aliphatic carbocycles. The number of rotatable bonds is 3. The fourth-order valence-electron chi connectivity index (χ4n) is 3.40. The first kappa shape index (κ1) is 14.9. The van der Waals surface area contributed by atoms with Crippen LogP contribution >= 0.6 is 11.6 Å². The molecule has 19 heavy (non-hydrogen) atoms. The zero-order chi connectivity index (χ0) is 14.2. The lowest BCUT2D eigenvalue weighted by Crippen LogP contribution is -2.47. The number of aryl methyl sites for hydroxylation is 2. The third-order valence-corrected chi connectivity index (χ3v) is 5.13. The highest BCUT2D eigenvalue weighted by Gasteiger charge is 2.35. The second-order valence-electron chi connectivity index (χ2n) is 6.62. The average molecular weight is 284 g/mol. The summed E-state index contributed by atoms with van der Waals surface area (Å²) in [6.45, 7) is 6.63. The highest BCUT2D eigenvalue weighted by atomic mass is 35.5. The molecule has 108 valence electrons. The van der Waals surface area contributed by atoms with E-state index in [1.54, 1.807) is 4.68 Å². The van der Waals surface area contributed by atoms with Gasteiger partial charge in [0.05, 0.1) is 5.69 Å². The van der Waals surface area contributed by atoms with Crippen molar-refractivity contribution in [1.29, 1.82) is 0 Å². The summed E-state index contributed by atoms with van der Waals surface area (Å²) in [5.74, 6) is 1.46.